The maximum atomic E-state index is 12.5. The van der Waals surface area contributed by atoms with Crippen molar-refractivity contribution in [3.63, 3.8) is 0 Å². The molecule has 2 aromatic rings. The van der Waals surface area contributed by atoms with E-state index in [1.165, 1.54) is 11.8 Å². The Bertz CT molecular complexity index is 1020. The van der Waals surface area contributed by atoms with Gasteiger partial charge in [-0.2, -0.15) is 0 Å². The number of hydrogen-bond acceptors (Lipinski definition) is 8. The number of ether oxygens (including phenoxy) is 1. The summed E-state index contributed by atoms with van der Waals surface area (Å²) >= 11 is 7.86. The molecule has 1 aromatic carbocycles. The molecule has 31 heavy (non-hydrogen) atoms. The van der Waals surface area contributed by atoms with Crippen LogP contribution in [-0.4, -0.2) is 55.1 Å². The molecule has 7 nitrogen and oxygen atoms in total. The Morgan fingerprint density at radius 2 is 2.03 bits per heavy atom. The largest absolute Gasteiger partial charge is 0.381 e. The van der Waals surface area contributed by atoms with E-state index in [1.54, 1.807) is 25.6 Å². The summed E-state index contributed by atoms with van der Waals surface area (Å²) in [7, 11) is -2.48. The van der Waals surface area contributed by atoms with Gasteiger partial charge in [0.25, 0.3) is 0 Å². The van der Waals surface area contributed by atoms with Gasteiger partial charge in [-0.25, -0.2) is 9.97 Å². The fourth-order valence-electron chi connectivity index (χ4n) is 4.37. The van der Waals surface area contributed by atoms with Crippen LogP contribution in [0.15, 0.2) is 34.3 Å². The zero-order chi connectivity index (χ0) is 22.4. The highest BCUT2D eigenvalue weighted by molar-refractivity contribution is 7.99. The highest BCUT2D eigenvalue weighted by Gasteiger charge is 2.47. The monoisotopic (exact) mass is 481 g/mol. The number of anilines is 2. The third-order valence-electron chi connectivity index (χ3n) is 6.41. The molecule has 2 fully saturated rings. The minimum Gasteiger partial charge on any atom is -0.381 e. The second-order valence-corrected chi connectivity index (χ2v) is 13.4. The van der Waals surface area contributed by atoms with Crippen LogP contribution in [0.3, 0.4) is 0 Å². The van der Waals surface area contributed by atoms with Crippen LogP contribution in [0.1, 0.15) is 19.8 Å². The molecule has 0 bridgehead atoms. The van der Waals surface area contributed by atoms with Gasteiger partial charge in [-0.05, 0) is 45.2 Å². The van der Waals surface area contributed by atoms with Crippen molar-refractivity contribution >= 4 is 47.4 Å². The summed E-state index contributed by atoms with van der Waals surface area (Å²) < 4.78 is 18.3. The fraction of sp³-hybridized carbons (Fsp3) is 0.524. The van der Waals surface area contributed by atoms with Crippen LogP contribution in [0.25, 0.3) is 0 Å². The summed E-state index contributed by atoms with van der Waals surface area (Å²) in [6.45, 7) is 7.89. The molecule has 2 atom stereocenters. The van der Waals surface area contributed by atoms with Crippen LogP contribution < -0.4 is 21.7 Å². The van der Waals surface area contributed by atoms with Gasteiger partial charge >= 0.3 is 0 Å². The Morgan fingerprint density at radius 1 is 1.32 bits per heavy atom. The second-order valence-electron chi connectivity index (χ2n) is 8.85. The molecule has 10 heteroatoms. The van der Waals surface area contributed by atoms with Crippen molar-refractivity contribution in [3.05, 3.63) is 29.4 Å². The van der Waals surface area contributed by atoms with Crippen LogP contribution in [0, 0.1) is 5.41 Å². The van der Waals surface area contributed by atoms with Crippen LogP contribution in [0.2, 0.25) is 5.02 Å². The summed E-state index contributed by atoms with van der Waals surface area (Å²) in [5.41, 5.74) is 12.7. The predicted octanol–water partition coefficient (Wildman–Crippen LogP) is 3.44. The van der Waals surface area contributed by atoms with E-state index in [9.17, 15) is 4.57 Å². The minimum atomic E-state index is -2.48. The van der Waals surface area contributed by atoms with E-state index in [0.29, 0.717) is 21.2 Å². The van der Waals surface area contributed by atoms with Crippen molar-refractivity contribution in [3.8, 4) is 0 Å². The number of piperidine rings is 1. The van der Waals surface area contributed by atoms with E-state index >= 15 is 0 Å². The number of aromatic nitrogens is 2. The van der Waals surface area contributed by atoms with Gasteiger partial charge in [0.05, 0.1) is 23.9 Å². The molecule has 0 unspecified atom stereocenters. The number of nitrogens with two attached hydrogens (primary N) is 2. The first-order chi connectivity index (χ1) is 14.6. The van der Waals surface area contributed by atoms with Crippen molar-refractivity contribution in [1.29, 1.82) is 0 Å². The maximum Gasteiger partial charge on any atom is 0.158 e. The SMILES string of the molecule is C[C@@H]1OCC2(CCN(c3cnc(Sc4cccc(P(C)(C)=O)c4Cl)c(N)n3)CC2)[C@@H]1N. The smallest absolute Gasteiger partial charge is 0.158 e. The summed E-state index contributed by atoms with van der Waals surface area (Å²) in [4.78, 5) is 12.1. The first-order valence-corrected chi connectivity index (χ1v) is 14.2. The van der Waals surface area contributed by atoms with Gasteiger partial charge in [0.2, 0.25) is 0 Å². The summed E-state index contributed by atoms with van der Waals surface area (Å²) in [5, 5.41) is 1.73. The van der Waals surface area contributed by atoms with Crippen molar-refractivity contribution < 1.29 is 9.30 Å². The molecule has 0 radical (unpaired) electrons. The van der Waals surface area contributed by atoms with Gasteiger partial charge in [0.1, 0.15) is 18.0 Å². The van der Waals surface area contributed by atoms with E-state index in [1.807, 2.05) is 12.1 Å². The van der Waals surface area contributed by atoms with Crippen LogP contribution in [0.5, 0.6) is 0 Å². The molecule has 2 aliphatic heterocycles. The average molecular weight is 482 g/mol. The number of nitrogens with zero attached hydrogens (tertiary/aromatic N) is 3. The summed E-state index contributed by atoms with van der Waals surface area (Å²) in [6, 6.07) is 5.60. The molecular formula is C21H29ClN5O2PS. The van der Waals surface area contributed by atoms with E-state index in [4.69, 9.17) is 27.8 Å². The lowest BCUT2D eigenvalue weighted by atomic mass is 9.73. The molecule has 0 amide bonds. The minimum absolute atomic E-state index is 0.0600. The quantitative estimate of drug-likeness (QED) is 0.639. The first-order valence-electron chi connectivity index (χ1n) is 10.4. The average Bonchev–Trinajstić information content (AvgIpc) is 2.99. The third kappa shape index (κ3) is 4.46. The van der Waals surface area contributed by atoms with Gasteiger partial charge in [0.15, 0.2) is 5.82 Å². The van der Waals surface area contributed by atoms with E-state index in [0.717, 1.165) is 43.3 Å². The lowest BCUT2D eigenvalue weighted by Gasteiger charge is -2.41. The van der Waals surface area contributed by atoms with Gasteiger partial charge in [-0.3, -0.25) is 0 Å². The van der Waals surface area contributed by atoms with Crippen molar-refractivity contribution in [2.45, 2.75) is 41.8 Å². The topological polar surface area (TPSA) is 107 Å². The van der Waals surface area contributed by atoms with Crippen LogP contribution in [0.4, 0.5) is 11.6 Å². The summed E-state index contributed by atoms with van der Waals surface area (Å²) in [6.07, 6.45) is 3.80. The van der Waals surface area contributed by atoms with E-state index < -0.39 is 7.14 Å². The summed E-state index contributed by atoms with van der Waals surface area (Å²) in [5.74, 6) is 1.12. The van der Waals surface area contributed by atoms with Gasteiger partial charge < -0.3 is 25.7 Å². The zero-order valence-electron chi connectivity index (χ0n) is 18.0. The highest BCUT2D eigenvalue weighted by atomic mass is 35.5. The Balaban J connectivity index is 1.48. The molecule has 0 aliphatic carbocycles. The Hall–Kier alpha value is -1.31. The second kappa shape index (κ2) is 8.56. The lowest BCUT2D eigenvalue weighted by molar-refractivity contribution is 0.0974. The predicted molar refractivity (Wildman–Crippen MR) is 128 cm³/mol. The first kappa shape index (κ1) is 22.9. The van der Waals surface area contributed by atoms with Crippen molar-refractivity contribution in [1.82, 2.24) is 9.97 Å². The molecule has 2 aliphatic rings. The molecule has 3 heterocycles. The molecule has 2 saturated heterocycles. The van der Waals surface area contributed by atoms with Gasteiger partial charge in [0, 0.05) is 34.7 Å². The number of nitrogen functional groups attached to an aromatic ring is 1. The lowest BCUT2D eigenvalue weighted by Crippen LogP contribution is -2.50. The molecule has 168 valence electrons. The Morgan fingerprint density at radius 3 is 2.61 bits per heavy atom. The number of rotatable bonds is 4. The Labute approximate surface area is 192 Å². The normalized spacial score (nSPS) is 23.5. The maximum absolute atomic E-state index is 12.5. The molecule has 1 aromatic heterocycles. The van der Waals surface area contributed by atoms with Crippen molar-refractivity contribution in [2.24, 2.45) is 11.1 Å². The molecular weight excluding hydrogens is 453 g/mol. The molecule has 1 spiro atoms. The van der Waals surface area contributed by atoms with Crippen LogP contribution >= 0.6 is 30.5 Å². The molecule has 4 N–H and O–H groups in total. The van der Waals surface area contributed by atoms with Crippen molar-refractivity contribution in [2.75, 3.05) is 43.7 Å². The molecule has 4 rings (SSSR count). The Kier molecular flexibility index (Phi) is 6.32. The van der Waals surface area contributed by atoms with E-state index in [-0.39, 0.29) is 17.6 Å². The van der Waals surface area contributed by atoms with E-state index in [2.05, 4.69) is 21.8 Å². The third-order valence-corrected chi connectivity index (χ3v) is 9.66. The van der Waals surface area contributed by atoms with Gasteiger partial charge in [-0.1, -0.05) is 29.4 Å². The fourth-order valence-corrected chi connectivity index (χ4v) is 7.14. The number of hydrogen-bond donors (Lipinski definition) is 2. The standard InChI is InChI=1S/C21H29ClN5O2PS/c1-13-18(23)21(12-29-13)7-9-27(10-8-21)16-11-25-20(19(24)26-16)31-15-6-4-5-14(17(15)22)30(2,3)28/h4-6,11,13,18H,7-10,12,23H2,1-3H3,(H2,24,26)/t13-,18+/m0/s1. The number of halogens is 1. The number of benzene rings is 1. The van der Waals surface area contributed by atoms with Crippen LogP contribution in [-0.2, 0) is 9.30 Å². The van der Waals surface area contributed by atoms with Gasteiger partial charge in [-0.15, -0.1) is 0 Å². The zero-order valence-corrected chi connectivity index (χ0v) is 20.5. The highest BCUT2D eigenvalue weighted by Crippen LogP contribution is 2.43. The molecule has 0 saturated carbocycles.